The Morgan fingerprint density at radius 2 is 1.41 bits per heavy atom. The highest BCUT2D eigenvalue weighted by Gasteiger charge is 2.25. The number of hydrogen-bond acceptors (Lipinski definition) is 4. The minimum absolute atomic E-state index is 0.0743. The average molecular weight is 450 g/mol. The molecule has 6 nitrogen and oxygen atoms in total. The van der Waals surface area contributed by atoms with E-state index in [1.165, 1.54) is 34.7 Å². The number of piperazine rings is 1. The van der Waals surface area contributed by atoms with E-state index in [2.05, 4.69) is 24.0 Å². The Labute approximate surface area is 189 Å². The van der Waals surface area contributed by atoms with Crippen LogP contribution < -0.4 is 9.21 Å². The molecule has 1 aliphatic rings. The maximum atomic E-state index is 13.0. The fourth-order valence-corrected chi connectivity index (χ4v) is 5.15. The van der Waals surface area contributed by atoms with Gasteiger partial charge in [0.1, 0.15) is 0 Å². The summed E-state index contributed by atoms with van der Waals surface area (Å²) in [6, 6.07) is 23.4. The number of para-hydroxylation sites is 2. The maximum Gasteiger partial charge on any atom is 0.264 e. The Bertz CT molecular complexity index is 1190. The molecule has 0 aliphatic carbocycles. The van der Waals surface area contributed by atoms with E-state index >= 15 is 0 Å². The number of carbonyl (C=O) groups excluding carboxylic acids is 1. The van der Waals surface area contributed by atoms with E-state index in [-0.39, 0.29) is 10.8 Å². The van der Waals surface area contributed by atoms with E-state index in [1.807, 2.05) is 23.1 Å². The monoisotopic (exact) mass is 449 g/mol. The number of benzene rings is 3. The molecule has 4 rings (SSSR count). The molecule has 166 valence electrons. The van der Waals surface area contributed by atoms with Crippen LogP contribution in [0.25, 0.3) is 0 Å². The third-order valence-corrected chi connectivity index (χ3v) is 7.70. The zero-order valence-electron chi connectivity index (χ0n) is 18.3. The van der Waals surface area contributed by atoms with Gasteiger partial charge in [0, 0.05) is 44.5 Å². The van der Waals surface area contributed by atoms with Crippen LogP contribution in [0.4, 0.5) is 11.4 Å². The first kappa shape index (κ1) is 21.9. The molecule has 1 heterocycles. The quantitative estimate of drug-likeness (QED) is 0.595. The minimum Gasteiger partial charge on any atom is -0.368 e. The zero-order valence-corrected chi connectivity index (χ0v) is 19.1. The van der Waals surface area contributed by atoms with Gasteiger partial charge in [0.15, 0.2) is 0 Å². The predicted octanol–water partition coefficient (Wildman–Crippen LogP) is 3.78. The molecule has 0 atom stereocenters. The molecule has 0 radical (unpaired) electrons. The Kier molecular flexibility index (Phi) is 6.19. The van der Waals surface area contributed by atoms with Crippen LogP contribution in [0, 0.1) is 6.92 Å². The van der Waals surface area contributed by atoms with E-state index in [0.717, 1.165) is 13.1 Å². The van der Waals surface area contributed by atoms with Gasteiger partial charge in [-0.1, -0.05) is 36.4 Å². The average Bonchev–Trinajstić information content (AvgIpc) is 2.84. The SMILES string of the molecule is Cc1ccccc1N1CCN(C(=O)c2ccc(S(=O)(=O)N(C)c3ccccc3)cc2)CC1. The number of amides is 1. The molecule has 0 unspecified atom stereocenters. The lowest BCUT2D eigenvalue weighted by Crippen LogP contribution is -2.49. The van der Waals surface area contributed by atoms with Crippen molar-refractivity contribution in [3.8, 4) is 0 Å². The summed E-state index contributed by atoms with van der Waals surface area (Å²) in [5.41, 5.74) is 3.51. The largest absolute Gasteiger partial charge is 0.368 e. The van der Waals surface area contributed by atoms with Gasteiger partial charge in [0.05, 0.1) is 10.6 Å². The highest BCUT2D eigenvalue weighted by molar-refractivity contribution is 7.92. The first-order valence-electron chi connectivity index (χ1n) is 10.6. The van der Waals surface area contributed by atoms with Gasteiger partial charge < -0.3 is 9.80 Å². The minimum atomic E-state index is -3.70. The first-order valence-corrected chi connectivity index (χ1v) is 12.1. The predicted molar refractivity (Wildman–Crippen MR) is 128 cm³/mol. The Hall–Kier alpha value is -3.32. The number of nitrogens with zero attached hydrogens (tertiary/aromatic N) is 3. The van der Waals surface area contributed by atoms with Crippen LogP contribution >= 0.6 is 0 Å². The van der Waals surface area contributed by atoms with Crippen LogP contribution in [0.3, 0.4) is 0 Å². The van der Waals surface area contributed by atoms with Gasteiger partial charge in [-0.3, -0.25) is 9.10 Å². The van der Waals surface area contributed by atoms with Crippen molar-refractivity contribution in [1.29, 1.82) is 0 Å². The van der Waals surface area contributed by atoms with Crippen LogP contribution in [0.5, 0.6) is 0 Å². The summed E-state index contributed by atoms with van der Waals surface area (Å²) in [6.07, 6.45) is 0. The Morgan fingerprint density at radius 3 is 2.03 bits per heavy atom. The molecule has 1 saturated heterocycles. The normalized spacial score (nSPS) is 14.3. The molecule has 0 aromatic heterocycles. The number of anilines is 2. The van der Waals surface area contributed by atoms with E-state index in [1.54, 1.807) is 36.4 Å². The van der Waals surface area contributed by atoms with Crippen molar-refractivity contribution in [2.45, 2.75) is 11.8 Å². The summed E-state index contributed by atoms with van der Waals surface area (Å²) in [6.45, 7) is 4.89. The van der Waals surface area contributed by atoms with Crippen molar-refractivity contribution in [3.63, 3.8) is 0 Å². The van der Waals surface area contributed by atoms with Crippen molar-refractivity contribution in [3.05, 3.63) is 90.0 Å². The molecule has 3 aromatic rings. The summed E-state index contributed by atoms with van der Waals surface area (Å²) in [5.74, 6) is -0.0743. The Morgan fingerprint density at radius 1 is 0.812 bits per heavy atom. The molecule has 1 amide bonds. The topological polar surface area (TPSA) is 60.9 Å². The number of carbonyl (C=O) groups is 1. The highest BCUT2D eigenvalue weighted by atomic mass is 32.2. The van der Waals surface area contributed by atoms with Gasteiger partial charge in [-0.25, -0.2) is 8.42 Å². The summed E-state index contributed by atoms with van der Waals surface area (Å²) in [4.78, 5) is 17.3. The van der Waals surface area contributed by atoms with E-state index in [0.29, 0.717) is 24.3 Å². The molecule has 7 heteroatoms. The molecule has 1 aliphatic heterocycles. The lowest BCUT2D eigenvalue weighted by molar-refractivity contribution is 0.0746. The molecule has 1 fully saturated rings. The highest BCUT2D eigenvalue weighted by Crippen LogP contribution is 2.24. The fraction of sp³-hybridized carbons (Fsp3) is 0.240. The molecule has 3 aromatic carbocycles. The standard InChI is InChI=1S/C25H27N3O3S/c1-20-8-6-7-11-24(20)27-16-18-28(19-17-27)25(29)21-12-14-23(15-13-21)32(30,31)26(2)22-9-4-3-5-10-22/h3-15H,16-19H2,1-2H3. The fourth-order valence-electron chi connectivity index (χ4n) is 3.96. The van der Waals surface area contributed by atoms with Crippen molar-refractivity contribution in [1.82, 2.24) is 4.90 Å². The van der Waals surface area contributed by atoms with Gasteiger partial charge in [0.2, 0.25) is 0 Å². The smallest absolute Gasteiger partial charge is 0.264 e. The van der Waals surface area contributed by atoms with Gasteiger partial charge >= 0.3 is 0 Å². The van der Waals surface area contributed by atoms with E-state index in [9.17, 15) is 13.2 Å². The third-order valence-electron chi connectivity index (χ3n) is 5.90. The second kappa shape index (κ2) is 9.04. The van der Waals surface area contributed by atoms with Crippen molar-refractivity contribution < 1.29 is 13.2 Å². The summed E-state index contributed by atoms with van der Waals surface area (Å²) in [5, 5.41) is 0. The molecule has 0 bridgehead atoms. The maximum absolute atomic E-state index is 13.0. The number of sulfonamides is 1. The van der Waals surface area contributed by atoms with Gasteiger partial charge in [-0.05, 0) is 55.0 Å². The van der Waals surface area contributed by atoms with E-state index in [4.69, 9.17) is 0 Å². The summed E-state index contributed by atoms with van der Waals surface area (Å²) in [7, 11) is -2.17. The molecule has 0 saturated carbocycles. The molecule has 32 heavy (non-hydrogen) atoms. The molecule has 0 spiro atoms. The van der Waals surface area contributed by atoms with Gasteiger partial charge in [-0.2, -0.15) is 0 Å². The lowest BCUT2D eigenvalue weighted by Gasteiger charge is -2.36. The number of hydrogen-bond donors (Lipinski definition) is 0. The number of rotatable bonds is 5. The molecule has 0 N–H and O–H groups in total. The lowest BCUT2D eigenvalue weighted by atomic mass is 10.1. The Balaban J connectivity index is 1.43. The van der Waals surface area contributed by atoms with Gasteiger partial charge in [0.25, 0.3) is 15.9 Å². The third kappa shape index (κ3) is 4.34. The first-order chi connectivity index (χ1) is 15.4. The molecular weight excluding hydrogens is 422 g/mol. The zero-order chi connectivity index (χ0) is 22.7. The van der Waals surface area contributed by atoms with Crippen LogP contribution in [0.15, 0.2) is 83.8 Å². The van der Waals surface area contributed by atoms with Crippen LogP contribution in [0.1, 0.15) is 15.9 Å². The van der Waals surface area contributed by atoms with Crippen molar-refractivity contribution in [2.24, 2.45) is 0 Å². The second-order valence-corrected chi connectivity index (χ2v) is 9.87. The van der Waals surface area contributed by atoms with Gasteiger partial charge in [-0.15, -0.1) is 0 Å². The second-order valence-electron chi connectivity index (χ2n) is 7.90. The molecular formula is C25H27N3O3S. The number of aryl methyl sites for hydroxylation is 1. The van der Waals surface area contributed by atoms with Crippen molar-refractivity contribution >= 4 is 27.3 Å². The van der Waals surface area contributed by atoms with E-state index < -0.39 is 10.0 Å². The van der Waals surface area contributed by atoms with Crippen LogP contribution in [-0.4, -0.2) is 52.5 Å². The summed E-state index contributed by atoms with van der Waals surface area (Å²) >= 11 is 0. The van der Waals surface area contributed by atoms with Crippen LogP contribution in [-0.2, 0) is 10.0 Å². The van der Waals surface area contributed by atoms with Crippen molar-refractivity contribution in [2.75, 3.05) is 42.4 Å². The van der Waals surface area contributed by atoms with Crippen LogP contribution in [0.2, 0.25) is 0 Å². The summed E-state index contributed by atoms with van der Waals surface area (Å²) < 4.78 is 27.1.